The first-order valence-electron chi connectivity index (χ1n) is 2.33. The van der Waals surface area contributed by atoms with Gasteiger partial charge in [0.1, 0.15) is 0 Å². The summed E-state index contributed by atoms with van der Waals surface area (Å²) in [6.07, 6.45) is 0. The van der Waals surface area contributed by atoms with E-state index in [-0.39, 0.29) is 24.1 Å². The summed E-state index contributed by atoms with van der Waals surface area (Å²) >= 11 is 3.07. The Hall–Kier alpha value is 0.360. The fraction of sp³-hybridized carbons (Fsp3) is 1.00. The zero-order valence-corrected chi connectivity index (χ0v) is 6.00. The van der Waals surface area contributed by atoms with E-state index in [4.69, 9.17) is 15.9 Å². The van der Waals surface area contributed by atoms with Crippen molar-refractivity contribution in [2.24, 2.45) is 5.73 Å². The molecule has 0 rings (SSSR count). The monoisotopic (exact) mass is 183 g/mol. The van der Waals surface area contributed by atoms with Gasteiger partial charge < -0.3 is 15.9 Å². The van der Waals surface area contributed by atoms with Gasteiger partial charge in [-0.2, -0.15) is 0 Å². The molecule has 0 spiro atoms. The molecule has 0 bridgehead atoms. The van der Waals surface area contributed by atoms with Crippen molar-refractivity contribution in [1.82, 2.24) is 0 Å². The average molecular weight is 184 g/mol. The maximum absolute atomic E-state index is 8.40. The molecule has 0 radical (unpaired) electrons. The lowest BCUT2D eigenvalue weighted by molar-refractivity contribution is 0.228. The Morgan fingerprint density at radius 3 is 2.00 bits per heavy atom. The maximum Gasteiger partial charge on any atom is 0.0594 e. The van der Waals surface area contributed by atoms with Gasteiger partial charge in [0.2, 0.25) is 0 Å². The van der Waals surface area contributed by atoms with Crippen molar-refractivity contribution in [3.05, 3.63) is 0 Å². The molecule has 8 heavy (non-hydrogen) atoms. The molecule has 2 unspecified atom stereocenters. The first-order chi connectivity index (χ1) is 3.72. The predicted molar refractivity (Wildman–Crippen MR) is 34.9 cm³/mol. The summed E-state index contributed by atoms with van der Waals surface area (Å²) in [7, 11) is 0. The highest BCUT2D eigenvalue weighted by Crippen LogP contribution is 2.00. The highest BCUT2D eigenvalue weighted by atomic mass is 79.9. The minimum Gasteiger partial charge on any atom is -0.395 e. The summed E-state index contributed by atoms with van der Waals surface area (Å²) < 4.78 is 0. The minimum absolute atomic E-state index is 0.0400. The lowest BCUT2D eigenvalue weighted by Crippen LogP contribution is -2.36. The molecular weight excluding hydrogens is 174 g/mol. The molecule has 0 saturated heterocycles. The van der Waals surface area contributed by atoms with Gasteiger partial charge in [-0.25, -0.2) is 0 Å². The van der Waals surface area contributed by atoms with Crippen LogP contribution in [-0.4, -0.2) is 34.3 Å². The van der Waals surface area contributed by atoms with Crippen LogP contribution in [-0.2, 0) is 0 Å². The normalized spacial score (nSPS) is 18.0. The predicted octanol–water partition coefficient (Wildman–Crippen LogP) is -0.938. The molecule has 0 amide bonds. The van der Waals surface area contributed by atoms with Crippen molar-refractivity contribution in [1.29, 1.82) is 0 Å². The fourth-order valence-corrected chi connectivity index (χ4v) is 0.417. The number of halogens is 1. The molecule has 0 fully saturated rings. The molecular formula is C4H10BrNO2. The summed E-state index contributed by atoms with van der Waals surface area (Å²) in [4.78, 5) is -0.188. The Morgan fingerprint density at radius 1 is 1.38 bits per heavy atom. The molecule has 4 heteroatoms. The highest BCUT2D eigenvalue weighted by molar-refractivity contribution is 9.09. The molecule has 4 N–H and O–H groups in total. The Balaban J connectivity index is 3.29. The Bertz CT molecular complexity index is 54.0. The number of hydrogen-bond acceptors (Lipinski definition) is 3. The van der Waals surface area contributed by atoms with Crippen LogP contribution in [0, 0.1) is 0 Å². The van der Waals surface area contributed by atoms with Crippen LogP contribution in [0.25, 0.3) is 0 Å². The first-order valence-corrected chi connectivity index (χ1v) is 3.25. The lowest BCUT2D eigenvalue weighted by Gasteiger charge is -2.11. The number of rotatable bonds is 3. The van der Waals surface area contributed by atoms with Crippen molar-refractivity contribution < 1.29 is 10.2 Å². The summed E-state index contributed by atoms with van der Waals surface area (Å²) in [5, 5.41) is 16.8. The Kier molecular flexibility index (Phi) is 4.45. The fourth-order valence-electron chi connectivity index (χ4n) is 0.250. The number of aliphatic hydroxyl groups excluding tert-OH is 2. The van der Waals surface area contributed by atoms with Crippen LogP contribution in [0.15, 0.2) is 0 Å². The Labute approximate surface area is 56.6 Å². The topological polar surface area (TPSA) is 66.5 Å². The van der Waals surface area contributed by atoms with Crippen molar-refractivity contribution in [2.45, 2.75) is 10.9 Å². The molecule has 0 saturated carbocycles. The molecule has 0 heterocycles. The largest absolute Gasteiger partial charge is 0.395 e. The van der Waals surface area contributed by atoms with E-state index >= 15 is 0 Å². The second kappa shape index (κ2) is 4.26. The van der Waals surface area contributed by atoms with Crippen LogP contribution >= 0.6 is 15.9 Å². The summed E-state index contributed by atoms with van der Waals surface area (Å²) in [6.45, 7) is -0.141. The zero-order valence-electron chi connectivity index (χ0n) is 4.42. The van der Waals surface area contributed by atoms with Gasteiger partial charge in [0.25, 0.3) is 0 Å². The molecule has 0 aromatic rings. The van der Waals surface area contributed by atoms with Crippen LogP contribution in [0.4, 0.5) is 0 Å². The number of nitrogens with two attached hydrogens (primary N) is 1. The second-order valence-electron chi connectivity index (χ2n) is 1.54. The third kappa shape index (κ3) is 2.61. The molecule has 0 aliphatic carbocycles. The van der Waals surface area contributed by atoms with Gasteiger partial charge in [-0.1, -0.05) is 15.9 Å². The summed E-state index contributed by atoms with van der Waals surface area (Å²) in [6, 6.07) is -0.361. The van der Waals surface area contributed by atoms with Crippen LogP contribution < -0.4 is 5.73 Å². The number of aliphatic hydroxyl groups is 2. The van der Waals surface area contributed by atoms with E-state index < -0.39 is 0 Å². The summed E-state index contributed by atoms with van der Waals surface area (Å²) in [5.41, 5.74) is 5.27. The maximum atomic E-state index is 8.40. The Morgan fingerprint density at radius 2 is 1.88 bits per heavy atom. The van der Waals surface area contributed by atoms with Crippen LogP contribution in [0.3, 0.4) is 0 Å². The molecule has 0 aliphatic heterocycles. The highest BCUT2D eigenvalue weighted by Gasteiger charge is 2.10. The van der Waals surface area contributed by atoms with Crippen LogP contribution in [0.5, 0.6) is 0 Å². The summed E-state index contributed by atoms with van der Waals surface area (Å²) in [5.74, 6) is 0. The minimum atomic E-state index is -0.361. The van der Waals surface area contributed by atoms with Crippen LogP contribution in [0.2, 0.25) is 0 Å². The van der Waals surface area contributed by atoms with E-state index in [0.29, 0.717) is 0 Å². The number of hydrogen-bond donors (Lipinski definition) is 3. The third-order valence-electron chi connectivity index (χ3n) is 0.850. The number of alkyl halides is 1. The molecule has 0 aliphatic rings. The molecule has 50 valence electrons. The van der Waals surface area contributed by atoms with Gasteiger partial charge in [0.05, 0.1) is 18.0 Å². The van der Waals surface area contributed by atoms with E-state index in [2.05, 4.69) is 15.9 Å². The van der Waals surface area contributed by atoms with Crippen molar-refractivity contribution in [3.63, 3.8) is 0 Å². The first kappa shape index (κ1) is 8.36. The molecule has 3 nitrogen and oxygen atoms in total. The average Bonchev–Trinajstić information content (AvgIpc) is 1.84. The quantitative estimate of drug-likeness (QED) is 0.496. The van der Waals surface area contributed by atoms with Gasteiger partial charge in [-0.15, -0.1) is 0 Å². The lowest BCUT2D eigenvalue weighted by atomic mass is 10.2. The van der Waals surface area contributed by atoms with Crippen molar-refractivity contribution in [2.75, 3.05) is 13.2 Å². The van der Waals surface area contributed by atoms with Gasteiger partial charge >= 0.3 is 0 Å². The van der Waals surface area contributed by atoms with Gasteiger partial charge in [-0.3, -0.25) is 0 Å². The van der Waals surface area contributed by atoms with Gasteiger partial charge in [-0.05, 0) is 0 Å². The van der Waals surface area contributed by atoms with Crippen molar-refractivity contribution >= 4 is 15.9 Å². The molecule has 0 aromatic heterocycles. The molecule has 0 aromatic carbocycles. The smallest absolute Gasteiger partial charge is 0.0594 e. The van der Waals surface area contributed by atoms with E-state index in [0.717, 1.165) is 0 Å². The van der Waals surface area contributed by atoms with Gasteiger partial charge in [0, 0.05) is 6.04 Å². The van der Waals surface area contributed by atoms with E-state index in [9.17, 15) is 0 Å². The SMILES string of the molecule is NC(CO)C(Br)CO. The zero-order chi connectivity index (χ0) is 6.57. The standard InChI is InChI=1S/C4H10BrNO2/c5-3(1-7)4(6)2-8/h3-4,7-8H,1-2,6H2. The second-order valence-corrected chi connectivity index (χ2v) is 2.72. The van der Waals surface area contributed by atoms with Crippen LogP contribution in [0.1, 0.15) is 0 Å². The van der Waals surface area contributed by atoms with Crippen molar-refractivity contribution in [3.8, 4) is 0 Å². The van der Waals surface area contributed by atoms with E-state index in [1.165, 1.54) is 0 Å². The van der Waals surface area contributed by atoms with Gasteiger partial charge in [0.15, 0.2) is 0 Å². The molecule has 2 atom stereocenters. The third-order valence-corrected chi connectivity index (χ3v) is 1.82. The van der Waals surface area contributed by atoms with E-state index in [1.807, 2.05) is 0 Å². The van der Waals surface area contributed by atoms with E-state index in [1.54, 1.807) is 0 Å².